The van der Waals surface area contributed by atoms with Crippen LogP contribution in [0.15, 0.2) is 0 Å². The first-order valence-electron chi connectivity index (χ1n) is 4.45. The quantitative estimate of drug-likeness (QED) is 0.748. The maximum atomic E-state index is 11.3. The topological polar surface area (TPSA) is 46.2 Å². The molecule has 1 unspecified atom stereocenters. The van der Waals surface area contributed by atoms with Gasteiger partial charge in [-0.25, -0.2) is 13.1 Å². The monoisotopic (exact) mass is 271 g/mol. The van der Waals surface area contributed by atoms with E-state index in [1.54, 1.807) is 0 Å². The summed E-state index contributed by atoms with van der Waals surface area (Å²) < 4.78 is 25.2. The molecule has 0 aromatic carbocycles. The first-order valence-corrected chi connectivity index (χ1v) is 7.01. The number of alkyl halides is 1. The summed E-state index contributed by atoms with van der Waals surface area (Å²) in [5, 5.41) is 0. The van der Waals surface area contributed by atoms with Gasteiger partial charge in [0, 0.05) is 11.4 Å². The second kappa shape index (κ2) is 5.98. The zero-order valence-electron chi connectivity index (χ0n) is 8.38. The highest BCUT2D eigenvalue weighted by molar-refractivity contribution is 9.09. The summed E-state index contributed by atoms with van der Waals surface area (Å²) in [6.07, 6.45) is 0.817. The van der Waals surface area contributed by atoms with Crippen molar-refractivity contribution < 1.29 is 8.42 Å². The van der Waals surface area contributed by atoms with Crippen molar-refractivity contribution in [2.75, 3.05) is 12.3 Å². The van der Waals surface area contributed by atoms with Gasteiger partial charge in [-0.15, -0.1) is 0 Å². The lowest BCUT2D eigenvalue weighted by atomic mass is 10.3. The molecule has 1 atom stereocenters. The van der Waals surface area contributed by atoms with Crippen LogP contribution in [-0.2, 0) is 10.0 Å². The fourth-order valence-electron chi connectivity index (χ4n) is 0.911. The van der Waals surface area contributed by atoms with Crippen molar-refractivity contribution >= 4 is 26.0 Å². The Bertz CT molecular complexity index is 224. The average molecular weight is 272 g/mol. The molecule has 1 N–H and O–H groups in total. The first kappa shape index (κ1) is 13.4. The van der Waals surface area contributed by atoms with E-state index in [-0.39, 0.29) is 11.7 Å². The average Bonchev–Trinajstić information content (AvgIpc) is 1.81. The van der Waals surface area contributed by atoms with E-state index < -0.39 is 10.0 Å². The Kier molecular flexibility index (Phi) is 6.16. The van der Waals surface area contributed by atoms with Gasteiger partial charge in [-0.3, -0.25) is 0 Å². The molecule has 0 aliphatic heterocycles. The van der Waals surface area contributed by atoms with Gasteiger partial charge in [0.2, 0.25) is 10.0 Å². The Balaban J connectivity index is 3.77. The van der Waals surface area contributed by atoms with Crippen LogP contribution in [-0.4, -0.2) is 25.5 Å². The van der Waals surface area contributed by atoms with E-state index in [4.69, 9.17) is 0 Å². The van der Waals surface area contributed by atoms with E-state index in [1.807, 2.05) is 20.8 Å². The van der Waals surface area contributed by atoms with E-state index in [9.17, 15) is 8.42 Å². The SMILES string of the molecule is CC(C)CS(=O)(=O)NCCC(C)Br. The summed E-state index contributed by atoms with van der Waals surface area (Å²) in [5.41, 5.74) is 0. The van der Waals surface area contributed by atoms with Gasteiger partial charge in [0.05, 0.1) is 5.75 Å². The Labute approximate surface area is 89.5 Å². The predicted octanol–water partition coefficient (Wildman–Crippen LogP) is 1.74. The van der Waals surface area contributed by atoms with E-state index in [0.717, 1.165) is 6.42 Å². The molecule has 13 heavy (non-hydrogen) atoms. The molecule has 0 spiro atoms. The summed E-state index contributed by atoms with van der Waals surface area (Å²) in [6.45, 7) is 6.30. The van der Waals surface area contributed by atoms with Crippen LogP contribution in [0, 0.1) is 5.92 Å². The fraction of sp³-hybridized carbons (Fsp3) is 1.00. The minimum absolute atomic E-state index is 0.180. The lowest BCUT2D eigenvalue weighted by Crippen LogP contribution is -2.30. The molecule has 0 heterocycles. The number of halogens is 1. The van der Waals surface area contributed by atoms with Crippen LogP contribution in [0.1, 0.15) is 27.2 Å². The number of hydrogen-bond donors (Lipinski definition) is 1. The number of sulfonamides is 1. The van der Waals surface area contributed by atoms with Crippen LogP contribution in [0.3, 0.4) is 0 Å². The molecule has 0 aliphatic rings. The summed E-state index contributed by atoms with van der Waals surface area (Å²) in [7, 11) is -3.05. The van der Waals surface area contributed by atoms with Crippen molar-refractivity contribution in [3.63, 3.8) is 0 Å². The summed E-state index contributed by atoms with van der Waals surface area (Å²) in [4.78, 5) is 0.356. The molecule has 0 radical (unpaired) electrons. The molecule has 0 saturated heterocycles. The van der Waals surface area contributed by atoms with Gasteiger partial charge < -0.3 is 0 Å². The molecule has 0 aliphatic carbocycles. The summed E-state index contributed by atoms with van der Waals surface area (Å²) >= 11 is 3.36. The van der Waals surface area contributed by atoms with Gasteiger partial charge >= 0.3 is 0 Å². The Morgan fingerprint density at radius 2 is 1.85 bits per heavy atom. The van der Waals surface area contributed by atoms with Crippen LogP contribution < -0.4 is 4.72 Å². The molecule has 0 rings (SSSR count). The molecule has 80 valence electrons. The third-order valence-electron chi connectivity index (χ3n) is 1.42. The molecule has 0 bridgehead atoms. The van der Waals surface area contributed by atoms with Crippen molar-refractivity contribution in [1.82, 2.24) is 4.72 Å². The normalized spacial score (nSPS) is 14.8. The van der Waals surface area contributed by atoms with Crippen LogP contribution in [0.5, 0.6) is 0 Å². The zero-order chi connectivity index (χ0) is 10.5. The van der Waals surface area contributed by atoms with Crippen LogP contribution in [0.4, 0.5) is 0 Å². The molecule has 0 amide bonds. The third kappa shape index (κ3) is 8.71. The third-order valence-corrected chi connectivity index (χ3v) is 3.62. The molecular weight excluding hydrogens is 254 g/mol. The Morgan fingerprint density at radius 1 is 1.31 bits per heavy atom. The van der Waals surface area contributed by atoms with Crippen LogP contribution >= 0.6 is 15.9 Å². The van der Waals surface area contributed by atoms with Gasteiger partial charge in [0.25, 0.3) is 0 Å². The van der Waals surface area contributed by atoms with Gasteiger partial charge in [-0.1, -0.05) is 36.7 Å². The van der Waals surface area contributed by atoms with Crippen molar-refractivity contribution in [1.29, 1.82) is 0 Å². The van der Waals surface area contributed by atoms with Crippen molar-refractivity contribution in [3.05, 3.63) is 0 Å². The zero-order valence-corrected chi connectivity index (χ0v) is 10.8. The molecule has 5 heteroatoms. The maximum absolute atomic E-state index is 11.3. The van der Waals surface area contributed by atoms with Crippen molar-refractivity contribution in [2.24, 2.45) is 5.92 Å². The van der Waals surface area contributed by atoms with Crippen LogP contribution in [0.2, 0.25) is 0 Å². The second-order valence-electron chi connectivity index (χ2n) is 3.64. The van der Waals surface area contributed by atoms with Gasteiger partial charge in [0.1, 0.15) is 0 Å². The minimum Gasteiger partial charge on any atom is -0.215 e. The molecule has 0 saturated carbocycles. The van der Waals surface area contributed by atoms with Crippen molar-refractivity contribution in [2.45, 2.75) is 32.0 Å². The molecule has 0 aromatic heterocycles. The standard InChI is InChI=1S/C8H18BrNO2S/c1-7(2)6-13(11,12)10-5-4-8(3)9/h7-8,10H,4-6H2,1-3H3. The van der Waals surface area contributed by atoms with E-state index in [0.29, 0.717) is 11.4 Å². The van der Waals surface area contributed by atoms with Gasteiger partial charge in [-0.05, 0) is 12.3 Å². The highest BCUT2D eigenvalue weighted by Crippen LogP contribution is 2.02. The predicted molar refractivity (Wildman–Crippen MR) is 59.6 cm³/mol. The minimum atomic E-state index is -3.05. The molecule has 3 nitrogen and oxygen atoms in total. The van der Waals surface area contributed by atoms with Crippen LogP contribution in [0.25, 0.3) is 0 Å². The van der Waals surface area contributed by atoms with E-state index in [2.05, 4.69) is 20.7 Å². The summed E-state index contributed by atoms with van der Waals surface area (Å²) in [5.74, 6) is 0.392. The smallest absolute Gasteiger partial charge is 0.211 e. The van der Waals surface area contributed by atoms with Gasteiger partial charge in [0.15, 0.2) is 0 Å². The number of hydrogen-bond acceptors (Lipinski definition) is 2. The lowest BCUT2D eigenvalue weighted by Gasteiger charge is -2.09. The lowest BCUT2D eigenvalue weighted by molar-refractivity contribution is 0.566. The molecular formula is C8H18BrNO2S. The second-order valence-corrected chi connectivity index (χ2v) is 7.05. The van der Waals surface area contributed by atoms with Gasteiger partial charge in [-0.2, -0.15) is 0 Å². The molecule has 0 fully saturated rings. The Hall–Kier alpha value is 0.390. The highest BCUT2D eigenvalue weighted by Gasteiger charge is 2.11. The Morgan fingerprint density at radius 3 is 2.23 bits per heavy atom. The highest BCUT2D eigenvalue weighted by atomic mass is 79.9. The maximum Gasteiger partial charge on any atom is 0.211 e. The molecule has 0 aromatic rings. The van der Waals surface area contributed by atoms with E-state index >= 15 is 0 Å². The largest absolute Gasteiger partial charge is 0.215 e. The number of nitrogens with one attached hydrogen (secondary N) is 1. The number of rotatable bonds is 6. The van der Waals surface area contributed by atoms with Crippen molar-refractivity contribution in [3.8, 4) is 0 Å². The fourth-order valence-corrected chi connectivity index (χ4v) is 2.56. The first-order chi connectivity index (χ1) is 5.83. The van der Waals surface area contributed by atoms with E-state index in [1.165, 1.54) is 0 Å². The summed E-state index contributed by atoms with van der Waals surface area (Å²) in [6, 6.07) is 0.